The monoisotopic (exact) mass is 398 g/mol. The summed E-state index contributed by atoms with van der Waals surface area (Å²) in [6.07, 6.45) is 0. The third kappa shape index (κ3) is 5.47. The maximum Gasteiger partial charge on any atom is 0.251 e. The maximum absolute atomic E-state index is 12.4. The minimum absolute atomic E-state index is 0.182. The fraction of sp³-hybridized carbons (Fsp3) is 0.238. The van der Waals surface area contributed by atoms with E-state index in [0.29, 0.717) is 42.6 Å². The summed E-state index contributed by atoms with van der Waals surface area (Å²) in [7, 11) is 1.59. The van der Waals surface area contributed by atoms with Gasteiger partial charge in [0.05, 0.1) is 24.4 Å². The Balaban J connectivity index is 1.47. The average Bonchev–Trinajstić information content (AvgIpc) is 3.15. The molecule has 0 saturated heterocycles. The van der Waals surface area contributed by atoms with Crippen LogP contribution in [-0.4, -0.2) is 31.2 Å². The van der Waals surface area contributed by atoms with Gasteiger partial charge in [0.15, 0.2) is 11.5 Å². The van der Waals surface area contributed by atoms with Crippen molar-refractivity contribution in [3.63, 3.8) is 0 Å². The Labute approximate surface area is 168 Å². The molecule has 28 heavy (non-hydrogen) atoms. The molecule has 0 radical (unpaired) electrons. The Bertz CT molecular complexity index is 926. The lowest BCUT2D eigenvalue weighted by Crippen LogP contribution is -2.28. The Hall–Kier alpha value is -3.06. The predicted octanol–water partition coefficient (Wildman–Crippen LogP) is 3.85. The lowest BCUT2D eigenvalue weighted by atomic mass is 10.2. The third-order valence-electron chi connectivity index (χ3n) is 3.86. The highest BCUT2D eigenvalue weighted by molar-refractivity contribution is 7.09. The van der Waals surface area contributed by atoms with Gasteiger partial charge in [0.1, 0.15) is 19.0 Å². The fourth-order valence-electron chi connectivity index (χ4n) is 2.52. The summed E-state index contributed by atoms with van der Waals surface area (Å²) in [5.74, 6) is 1.75. The van der Waals surface area contributed by atoms with Crippen LogP contribution in [0.4, 0.5) is 0 Å². The van der Waals surface area contributed by atoms with E-state index in [1.165, 1.54) is 0 Å². The van der Waals surface area contributed by atoms with E-state index in [9.17, 15) is 4.79 Å². The first-order valence-electron chi connectivity index (χ1n) is 8.83. The van der Waals surface area contributed by atoms with Crippen LogP contribution in [0.2, 0.25) is 0 Å². The van der Waals surface area contributed by atoms with Gasteiger partial charge in [0.25, 0.3) is 5.91 Å². The van der Waals surface area contributed by atoms with Crippen molar-refractivity contribution in [2.45, 2.75) is 13.5 Å². The van der Waals surface area contributed by atoms with Crippen LogP contribution < -0.4 is 19.5 Å². The predicted molar refractivity (Wildman–Crippen MR) is 108 cm³/mol. The second-order valence-corrected chi connectivity index (χ2v) is 6.99. The number of aryl methyl sites for hydroxylation is 1. The van der Waals surface area contributed by atoms with Crippen LogP contribution in [0.5, 0.6) is 17.2 Å². The highest BCUT2D eigenvalue weighted by Crippen LogP contribution is 2.25. The number of nitrogens with one attached hydrogen (secondary N) is 1. The van der Waals surface area contributed by atoms with Crippen LogP contribution in [0, 0.1) is 6.92 Å². The first kappa shape index (κ1) is 19.7. The molecule has 0 aliphatic rings. The largest absolute Gasteiger partial charge is 0.493 e. The van der Waals surface area contributed by atoms with Gasteiger partial charge in [-0.15, -0.1) is 11.3 Å². The molecule has 0 aliphatic heterocycles. The molecule has 3 rings (SSSR count). The number of ether oxygens (including phenoxy) is 3. The summed E-state index contributed by atoms with van der Waals surface area (Å²) in [4.78, 5) is 16.7. The van der Waals surface area contributed by atoms with E-state index in [0.717, 1.165) is 10.7 Å². The summed E-state index contributed by atoms with van der Waals surface area (Å²) in [5.41, 5.74) is 1.41. The summed E-state index contributed by atoms with van der Waals surface area (Å²) in [5, 5.41) is 5.81. The number of methoxy groups -OCH3 is 1. The highest BCUT2D eigenvalue weighted by atomic mass is 32.1. The number of aromatic nitrogens is 1. The number of rotatable bonds is 9. The molecule has 0 unspecified atom stereocenters. The van der Waals surface area contributed by atoms with Crippen molar-refractivity contribution in [1.82, 2.24) is 10.3 Å². The summed E-state index contributed by atoms with van der Waals surface area (Å²) in [6, 6.07) is 14.5. The van der Waals surface area contributed by atoms with E-state index in [2.05, 4.69) is 10.3 Å². The number of hydrogen-bond donors (Lipinski definition) is 1. The minimum atomic E-state index is -0.182. The average molecular weight is 398 g/mol. The van der Waals surface area contributed by atoms with E-state index < -0.39 is 0 Å². The second-order valence-electron chi connectivity index (χ2n) is 5.93. The van der Waals surface area contributed by atoms with Crippen molar-refractivity contribution in [3.05, 3.63) is 70.2 Å². The van der Waals surface area contributed by atoms with Crippen LogP contribution in [0.25, 0.3) is 0 Å². The number of hydrogen-bond acceptors (Lipinski definition) is 6. The highest BCUT2D eigenvalue weighted by Gasteiger charge is 2.08. The SMILES string of the molecule is COc1ccccc1OCCNC(=O)c1cccc(OCc2csc(C)n2)c1. The molecule has 0 aliphatic carbocycles. The Morgan fingerprint density at radius 3 is 2.68 bits per heavy atom. The summed E-state index contributed by atoms with van der Waals surface area (Å²) >= 11 is 1.58. The van der Waals surface area contributed by atoms with Crippen LogP contribution >= 0.6 is 11.3 Å². The third-order valence-corrected chi connectivity index (χ3v) is 4.69. The molecular weight excluding hydrogens is 376 g/mol. The van der Waals surface area contributed by atoms with Gasteiger partial charge in [-0.05, 0) is 37.3 Å². The van der Waals surface area contributed by atoms with Gasteiger partial charge < -0.3 is 19.5 Å². The molecule has 3 aromatic rings. The molecule has 0 atom stereocenters. The quantitative estimate of drug-likeness (QED) is 0.555. The number of para-hydroxylation sites is 2. The van der Waals surface area contributed by atoms with E-state index in [1.807, 2.05) is 42.6 Å². The number of amides is 1. The van der Waals surface area contributed by atoms with Gasteiger partial charge in [-0.3, -0.25) is 4.79 Å². The summed E-state index contributed by atoms with van der Waals surface area (Å²) in [6.45, 7) is 3.05. The number of carbonyl (C=O) groups is 1. The van der Waals surface area contributed by atoms with E-state index >= 15 is 0 Å². The van der Waals surface area contributed by atoms with Gasteiger partial charge in [-0.1, -0.05) is 18.2 Å². The van der Waals surface area contributed by atoms with Crippen LogP contribution in [-0.2, 0) is 6.61 Å². The van der Waals surface area contributed by atoms with Gasteiger partial charge >= 0.3 is 0 Å². The van der Waals surface area contributed by atoms with Crippen molar-refractivity contribution < 1.29 is 19.0 Å². The van der Waals surface area contributed by atoms with Crippen LogP contribution in [0.15, 0.2) is 53.9 Å². The van der Waals surface area contributed by atoms with Crippen LogP contribution in [0.1, 0.15) is 21.1 Å². The van der Waals surface area contributed by atoms with Crippen LogP contribution in [0.3, 0.4) is 0 Å². The first-order valence-corrected chi connectivity index (χ1v) is 9.71. The number of benzene rings is 2. The fourth-order valence-corrected chi connectivity index (χ4v) is 3.12. The Kier molecular flexibility index (Phi) is 6.86. The van der Waals surface area contributed by atoms with Crippen molar-refractivity contribution >= 4 is 17.2 Å². The molecule has 2 aromatic carbocycles. The molecule has 146 valence electrons. The molecule has 0 saturated carbocycles. The Morgan fingerprint density at radius 1 is 1.11 bits per heavy atom. The minimum Gasteiger partial charge on any atom is -0.493 e. The molecule has 1 aromatic heterocycles. The molecule has 0 spiro atoms. The molecule has 1 amide bonds. The van der Waals surface area contributed by atoms with Crippen molar-refractivity contribution in [3.8, 4) is 17.2 Å². The van der Waals surface area contributed by atoms with Crippen molar-refractivity contribution in [1.29, 1.82) is 0 Å². The van der Waals surface area contributed by atoms with Crippen molar-refractivity contribution in [2.75, 3.05) is 20.3 Å². The molecule has 0 fully saturated rings. The molecule has 1 N–H and O–H groups in total. The lowest BCUT2D eigenvalue weighted by molar-refractivity contribution is 0.0946. The number of carbonyl (C=O) groups excluding carboxylic acids is 1. The zero-order valence-electron chi connectivity index (χ0n) is 15.8. The standard InChI is InChI=1S/C21H22N2O4S/c1-15-23-17(14-28-15)13-27-18-7-5-6-16(12-18)21(24)22-10-11-26-20-9-4-3-8-19(20)25-2/h3-9,12,14H,10-11,13H2,1-2H3,(H,22,24). The lowest BCUT2D eigenvalue weighted by Gasteiger charge is -2.11. The zero-order chi connectivity index (χ0) is 19.8. The Morgan fingerprint density at radius 2 is 1.93 bits per heavy atom. The van der Waals surface area contributed by atoms with Crippen molar-refractivity contribution in [2.24, 2.45) is 0 Å². The van der Waals surface area contributed by atoms with E-state index in [-0.39, 0.29) is 5.91 Å². The topological polar surface area (TPSA) is 69.7 Å². The molecule has 7 heteroatoms. The van der Waals surface area contributed by atoms with E-state index in [4.69, 9.17) is 14.2 Å². The van der Waals surface area contributed by atoms with Gasteiger partial charge in [-0.2, -0.15) is 0 Å². The molecule has 0 bridgehead atoms. The molecule has 6 nitrogen and oxygen atoms in total. The normalized spacial score (nSPS) is 10.4. The van der Waals surface area contributed by atoms with Gasteiger partial charge in [0, 0.05) is 10.9 Å². The van der Waals surface area contributed by atoms with E-state index in [1.54, 1.807) is 36.6 Å². The number of thiazole rings is 1. The second kappa shape index (κ2) is 9.75. The zero-order valence-corrected chi connectivity index (χ0v) is 16.6. The smallest absolute Gasteiger partial charge is 0.251 e. The van der Waals surface area contributed by atoms with Gasteiger partial charge in [-0.25, -0.2) is 4.98 Å². The molecule has 1 heterocycles. The van der Waals surface area contributed by atoms with Gasteiger partial charge in [0.2, 0.25) is 0 Å². The number of nitrogens with zero attached hydrogens (tertiary/aromatic N) is 1. The molecular formula is C21H22N2O4S. The first-order chi connectivity index (χ1) is 13.7. The maximum atomic E-state index is 12.4. The summed E-state index contributed by atoms with van der Waals surface area (Å²) < 4.78 is 16.6.